The van der Waals surface area contributed by atoms with Crippen molar-refractivity contribution in [3.05, 3.63) is 48.0 Å². The van der Waals surface area contributed by atoms with E-state index in [1.165, 1.54) is 0 Å². The molecule has 3 aliphatic rings. The van der Waals surface area contributed by atoms with E-state index in [1.807, 2.05) is 36.4 Å². The molecule has 0 spiro atoms. The molecule has 1 aromatic carbocycles. The minimum absolute atomic E-state index is 0.111. The number of cyclic esters (lactones) is 1. The van der Waals surface area contributed by atoms with Crippen LogP contribution < -0.4 is 0 Å². The molecule has 2 bridgehead atoms. The van der Waals surface area contributed by atoms with Crippen LogP contribution in [0, 0.1) is 11.8 Å². The number of carbonyl (C=O) groups is 2. The molecule has 5 heteroatoms. The number of allylic oxidation sites excluding steroid dienone is 2. The molecule has 120 valence electrons. The van der Waals surface area contributed by atoms with Gasteiger partial charge < -0.3 is 4.74 Å². The number of halogens is 1. The molecule has 1 saturated carbocycles. The molecule has 1 aromatic rings. The van der Waals surface area contributed by atoms with E-state index in [0.29, 0.717) is 12.8 Å². The Balaban J connectivity index is 1.57. The van der Waals surface area contributed by atoms with Crippen molar-refractivity contribution in [2.75, 3.05) is 6.61 Å². The summed E-state index contributed by atoms with van der Waals surface area (Å²) in [6.07, 6.45) is 4.35. The van der Waals surface area contributed by atoms with Crippen molar-refractivity contribution >= 4 is 12.0 Å². The summed E-state index contributed by atoms with van der Waals surface area (Å²) in [6, 6.07) is 9.12. The zero-order valence-electron chi connectivity index (χ0n) is 12.7. The number of hydrogen-bond acceptors (Lipinski definition) is 3. The highest BCUT2D eigenvalue weighted by atomic mass is 19.1. The number of ether oxygens (including phenoxy) is 1. The number of hydrogen-bond donors (Lipinski definition) is 0. The van der Waals surface area contributed by atoms with Gasteiger partial charge in [-0.15, -0.1) is 0 Å². The molecule has 0 N–H and O–H groups in total. The van der Waals surface area contributed by atoms with E-state index in [2.05, 4.69) is 0 Å². The fraction of sp³-hybridized carbons (Fsp3) is 0.444. The van der Waals surface area contributed by atoms with Crippen LogP contribution >= 0.6 is 0 Å². The van der Waals surface area contributed by atoms with E-state index in [4.69, 9.17) is 4.74 Å². The molecule has 0 aromatic heterocycles. The first-order valence-electron chi connectivity index (χ1n) is 7.99. The van der Waals surface area contributed by atoms with E-state index >= 15 is 4.39 Å². The predicted octanol–water partition coefficient (Wildman–Crippen LogP) is 2.88. The van der Waals surface area contributed by atoms with Gasteiger partial charge in [0.15, 0.2) is 5.67 Å². The third kappa shape index (κ3) is 2.26. The second-order valence-electron chi connectivity index (χ2n) is 6.65. The number of nitrogens with zero attached hydrogens (tertiary/aromatic N) is 1. The molecule has 1 saturated heterocycles. The Morgan fingerprint density at radius 1 is 1.30 bits per heavy atom. The summed E-state index contributed by atoms with van der Waals surface area (Å²) in [6.45, 7) is 0.124. The highest BCUT2D eigenvalue weighted by Crippen LogP contribution is 2.50. The van der Waals surface area contributed by atoms with E-state index < -0.39 is 29.6 Å². The molecular formula is C18H18FNO3. The quantitative estimate of drug-likeness (QED) is 0.806. The lowest BCUT2D eigenvalue weighted by Gasteiger charge is -2.30. The first-order valence-corrected chi connectivity index (χ1v) is 7.99. The average molecular weight is 315 g/mol. The molecule has 2 amide bonds. The maximum absolute atomic E-state index is 15.3. The molecule has 23 heavy (non-hydrogen) atoms. The topological polar surface area (TPSA) is 46.6 Å². The van der Waals surface area contributed by atoms with Gasteiger partial charge >= 0.3 is 6.09 Å². The Morgan fingerprint density at radius 2 is 2.09 bits per heavy atom. The largest absolute Gasteiger partial charge is 0.447 e. The minimum atomic E-state index is -1.96. The number of amides is 2. The Kier molecular flexibility index (Phi) is 3.25. The third-order valence-corrected chi connectivity index (χ3v) is 5.17. The first kappa shape index (κ1) is 14.4. The summed E-state index contributed by atoms with van der Waals surface area (Å²) < 4.78 is 20.3. The van der Waals surface area contributed by atoms with E-state index in [9.17, 15) is 9.59 Å². The highest BCUT2D eigenvalue weighted by molar-refractivity contribution is 5.99. The van der Waals surface area contributed by atoms with Crippen LogP contribution in [0.4, 0.5) is 9.18 Å². The average Bonchev–Trinajstić information content (AvgIpc) is 3.23. The van der Waals surface area contributed by atoms with Gasteiger partial charge in [-0.3, -0.25) is 4.79 Å². The fourth-order valence-corrected chi connectivity index (χ4v) is 3.99. The van der Waals surface area contributed by atoms with Crippen LogP contribution in [0.3, 0.4) is 0 Å². The summed E-state index contributed by atoms with van der Waals surface area (Å²) in [5.74, 6) is -1.02. The fourth-order valence-electron chi connectivity index (χ4n) is 3.99. The Morgan fingerprint density at radius 3 is 2.74 bits per heavy atom. The van der Waals surface area contributed by atoms with Gasteiger partial charge in [0.25, 0.3) is 5.91 Å². The van der Waals surface area contributed by atoms with Crippen LogP contribution in [0.5, 0.6) is 0 Å². The number of rotatable bonds is 3. The van der Waals surface area contributed by atoms with Crippen LogP contribution in [0.1, 0.15) is 18.4 Å². The molecule has 4 nitrogen and oxygen atoms in total. The second-order valence-corrected chi connectivity index (χ2v) is 6.65. The SMILES string of the molecule is O=C1OC[C@H](Cc2ccccc2)N1C(=O)[C@]1(F)C[C@@H]2C=C[C@H]1C2. The molecule has 1 heterocycles. The third-order valence-electron chi connectivity index (χ3n) is 5.17. The van der Waals surface area contributed by atoms with Crippen LogP contribution in [0.2, 0.25) is 0 Å². The lowest BCUT2D eigenvalue weighted by Crippen LogP contribution is -2.52. The Labute approximate surface area is 133 Å². The minimum Gasteiger partial charge on any atom is -0.447 e. The van der Waals surface area contributed by atoms with Crippen molar-refractivity contribution in [3.8, 4) is 0 Å². The normalized spacial score (nSPS) is 34.9. The molecule has 0 unspecified atom stereocenters. The molecule has 4 rings (SSSR count). The van der Waals surface area contributed by atoms with Gasteiger partial charge in [0.05, 0.1) is 6.04 Å². The lowest BCUT2D eigenvalue weighted by atomic mass is 9.88. The number of imide groups is 1. The van der Waals surface area contributed by atoms with E-state index in [1.54, 1.807) is 6.08 Å². The molecule has 0 radical (unpaired) electrons. The molecule has 2 aliphatic carbocycles. The van der Waals surface area contributed by atoms with Crippen molar-refractivity contribution in [1.82, 2.24) is 4.90 Å². The van der Waals surface area contributed by atoms with Crippen molar-refractivity contribution in [2.45, 2.75) is 31.0 Å². The highest BCUT2D eigenvalue weighted by Gasteiger charge is 2.58. The van der Waals surface area contributed by atoms with Crippen LogP contribution in [0.25, 0.3) is 0 Å². The Bertz CT molecular complexity index is 674. The van der Waals surface area contributed by atoms with Crippen molar-refractivity contribution in [3.63, 3.8) is 0 Å². The lowest BCUT2D eigenvalue weighted by molar-refractivity contribution is -0.143. The summed E-state index contributed by atoms with van der Waals surface area (Å²) in [5.41, 5.74) is -0.966. The predicted molar refractivity (Wildman–Crippen MR) is 81.3 cm³/mol. The maximum Gasteiger partial charge on any atom is 0.417 e. The maximum atomic E-state index is 15.3. The molecule has 1 aliphatic heterocycles. The monoisotopic (exact) mass is 315 g/mol. The van der Waals surface area contributed by atoms with Gasteiger partial charge in [-0.05, 0) is 30.7 Å². The van der Waals surface area contributed by atoms with Crippen LogP contribution in [-0.4, -0.2) is 35.2 Å². The van der Waals surface area contributed by atoms with Gasteiger partial charge in [-0.25, -0.2) is 14.1 Å². The van der Waals surface area contributed by atoms with Crippen LogP contribution in [-0.2, 0) is 16.0 Å². The molecule has 2 fully saturated rings. The first-order chi connectivity index (χ1) is 11.1. The Hall–Kier alpha value is -2.17. The number of alkyl halides is 1. The van der Waals surface area contributed by atoms with Crippen molar-refractivity contribution < 1.29 is 18.7 Å². The number of fused-ring (bicyclic) bond motifs is 2. The van der Waals surface area contributed by atoms with Gasteiger partial charge in [-0.1, -0.05) is 42.5 Å². The number of benzene rings is 1. The van der Waals surface area contributed by atoms with E-state index in [-0.39, 0.29) is 18.9 Å². The standard InChI is InChI=1S/C18H18FNO3/c19-18(10-13-6-7-14(18)8-13)16(21)20-15(11-23-17(20)22)9-12-4-2-1-3-5-12/h1-7,13-15H,8-11H2/t13-,14+,15+,18+/m1/s1. The van der Waals surface area contributed by atoms with E-state index in [0.717, 1.165) is 10.5 Å². The van der Waals surface area contributed by atoms with Crippen LogP contribution in [0.15, 0.2) is 42.5 Å². The molecular weight excluding hydrogens is 297 g/mol. The summed E-state index contributed by atoms with van der Waals surface area (Å²) >= 11 is 0. The summed E-state index contributed by atoms with van der Waals surface area (Å²) in [5, 5.41) is 0. The van der Waals surface area contributed by atoms with Crippen molar-refractivity contribution in [2.24, 2.45) is 11.8 Å². The summed E-state index contributed by atoms with van der Waals surface area (Å²) in [7, 11) is 0. The van der Waals surface area contributed by atoms with Gasteiger partial charge in [-0.2, -0.15) is 0 Å². The number of carbonyl (C=O) groups excluding carboxylic acids is 2. The summed E-state index contributed by atoms with van der Waals surface area (Å²) in [4.78, 5) is 25.8. The van der Waals surface area contributed by atoms with Gasteiger partial charge in [0, 0.05) is 5.92 Å². The van der Waals surface area contributed by atoms with Crippen molar-refractivity contribution in [1.29, 1.82) is 0 Å². The smallest absolute Gasteiger partial charge is 0.417 e. The molecule has 4 atom stereocenters. The van der Waals surface area contributed by atoms with Gasteiger partial charge in [0.2, 0.25) is 0 Å². The second kappa shape index (κ2) is 5.18. The zero-order chi connectivity index (χ0) is 16.0. The van der Waals surface area contributed by atoms with Gasteiger partial charge in [0.1, 0.15) is 6.61 Å². The zero-order valence-corrected chi connectivity index (χ0v) is 12.7.